The molecule has 20 heavy (non-hydrogen) atoms. The lowest BCUT2D eigenvalue weighted by molar-refractivity contribution is 0.640. The molecule has 0 amide bonds. The van der Waals surface area contributed by atoms with Gasteiger partial charge >= 0.3 is 0 Å². The zero-order valence-electron chi connectivity index (χ0n) is 11.0. The van der Waals surface area contributed by atoms with Crippen LogP contribution in [0.3, 0.4) is 0 Å². The average Bonchev–Trinajstić information content (AvgIpc) is 2.56. The van der Waals surface area contributed by atoms with Crippen molar-refractivity contribution in [2.45, 2.75) is 0 Å². The van der Waals surface area contributed by atoms with E-state index in [1.807, 2.05) is 18.2 Å². The highest BCUT2D eigenvalue weighted by Gasteiger charge is 2.21. The van der Waals surface area contributed by atoms with Crippen LogP contribution < -0.4 is 9.80 Å². The van der Waals surface area contributed by atoms with Crippen molar-refractivity contribution in [2.24, 2.45) is 0 Å². The second-order valence-corrected chi connectivity index (χ2v) is 4.50. The minimum atomic E-state index is 0.388. The summed E-state index contributed by atoms with van der Waals surface area (Å²) in [4.78, 5) is 17.0. The Morgan fingerprint density at radius 1 is 0.900 bits per heavy atom. The maximum atomic E-state index is 9.08. The topological polar surface area (TPSA) is 68.9 Å². The second kappa shape index (κ2) is 5.53. The van der Waals surface area contributed by atoms with E-state index in [9.17, 15) is 0 Å². The standard InChI is InChI=1S/C14H14N6/c15-11-12-14(18-6-5-16-12)20-9-7-19(8-10-20)13-3-1-2-4-17-13/h1-6H,7-10H2. The highest BCUT2D eigenvalue weighted by Crippen LogP contribution is 2.18. The molecule has 0 aliphatic carbocycles. The number of pyridine rings is 1. The van der Waals surface area contributed by atoms with Crippen LogP contribution in [-0.2, 0) is 0 Å². The van der Waals surface area contributed by atoms with E-state index in [0.717, 1.165) is 32.0 Å². The van der Waals surface area contributed by atoms with Gasteiger partial charge in [-0.3, -0.25) is 0 Å². The molecule has 0 aromatic carbocycles. The number of aromatic nitrogens is 3. The fourth-order valence-electron chi connectivity index (χ4n) is 2.33. The van der Waals surface area contributed by atoms with E-state index in [4.69, 9.17) is 5.26 Å². The molecular formula is C14H14N6. The van der Waals surface area contributed by atoms with Crippen molar-refractivity contribution in [3.63, 3.8) is 0 Å². The zero-order valence-corrected chi connectivity index (χ0v) is 11.0. The Morgan fingerprint density at radius 3 is 2.35 bits per heavy atom. The SMILES string of the molecule is N#Cc1nccnc1N1CCN(c2ccccn2)CC1. The third kappa shape index (κ3) is 2.38. The fourth-order valence-corrected chi connectivity index (χ4v) is 2.33. The second-order valence-electron chi connectivity index (χ2n) is 4.50. The van der Waals surface area contributed by atoms with Gasteiger partial charge in [0.25, 0.3) is 0 Å². The van der Waals surface area contributed by atoms with E-state index in [1.165, 1.54) is 0 Å². The Balaban J connectivity index is 1.72. The van der Waals surface area contributed by atoms with Gasteiger partial charge in [-0.15, -0.1) is 0 Å². The van der Waals surface area contributed by atoms with Crippen LogP contribution in [0.1, 0.15) is 5.69 Å². The van der Waals surface area contributed by atoms with Crippen molar-refractivity contribution < 1.29 is 0 Å². The Kier molecular flexibility index (Phi) is 3.42. The first-order chi connectivity index (χ1) is 9.88. The molecule has 3 rings (SSSR count). The first-order valence-electron chi connectivity index (χ1n) is 6.50. The first-order valence-corrected chi connectivity index (χ1v) is 6.50. The van der Waals surface area contributed by atoms with Crippen molar-refractivity contribution in [3.8, 4) is 6.07 Å². The Bertz CT molecular complexity index is 613. The predicted octanol–water partition coefficient (Wildman–Crippen LogP) is 1.07. The van der Waals surface area contributed by atoms with E-state index >= 15 is 0 Å². The summed E-state index contributed by atoms with van der Waals surface area (Å²) in [5.41, 5.74) is 0.388. The molecule has 0 atom stereocenters. The van der Waals surface area contributed by atoms with Crippen LogP contribution in [0.2, 0.25) is 0 Å². The number of hydrogen-bond donors (Lipinski definition) is 0. The minimum absolute atomic E-state index is 0.388. The molecule has 1 saturated heterocycles. The van der Waals surface area contributed by atoms with Crippen molar-refractivity contribution in [3.05, 3.63) is 42.5 Å². The monoisotopic (exact) mass is 266 g/mol. The number of nitriles is 1. The third-order valence-electron chi connectivity index (χ3n) is 3.34. The fraction of sp³-hybridized carbons (Fsp3) is 0.286. The molecule has 0 unspecified atom stereocenters. The summed E-state index contributed by atoms with van der Waals surface area (Å²) in [5.74, 6) is 1.67. The van der Waals surface area contributed by atoms with Gasteiger partial charge in [-0.1, -0.05) is 6.07 Å². The van der Waals surface area contributed by atoms with Gasteiger partial charge in [0.05, 0.1) is 0 Å². The number of nitrogens with zero attached hydrogens (tertiary/aromatic N) is 6. The predicted molar refractivity (Wildman–Crippen MR) is 75.4 cm³/mol. The van der Waals surface area contributed by atoms with Gasteiger partial charge in [-0.2, -0.15) is 5.26 Å². The lowest BCUT2D eigenvalue weighted by atomic mass is 10.3. The van der Waals surface area contributed by atoms with Crippen LogP contribution >= 0.6 is 0 Å². The van der Waals surface area contributed by atoms with E-state index < -0.39 is 0 Å². The van der Waals surface area contributed by atoms with Gasteiger partial charge in [0, 0.05) is 44.8 Å². The molecule has 6 heteroatoms. The molecule has 100 valence electrons. The molecule has 1 fully saturated rings. The largest absolute Gasteiger partial charge is 0.353 e. The van der Waals surface area contributed by atoms with Crippen LogP contribution in [0.25, 0.3) is 0 Å². The van der Waals surface area contributed by atoms with Crippen LogP contribution in [-0.4, -0.2) is 41.1 Å². The zero-order chi connectivity index (χ0) is 13.8. The van der Waals surface area contributed by atoms with E-state index in [2.05, 4.69) is 30.8 Å². The summed E-state index contributed by atoms with van der Waals surface area (Å²) in [6.07, 6.45) is 4.98. The molecule has 0 radical (unpaired) electrons. The van der Waals surface area contributed by atoms with E-state index in [0.29, 0.717) is 11.5 Å². The summed E-state index contributed by atoms with van der Waals surface area (Å²) in [6.45, 7) is 3.34. The lowest BCUT2D eigenvalue weighted by Crippen LogP contribution is -2.47. The maximum absolute atomic E-state index is 9.08. The van der Waals surface area contributed by atoms with E-state index in [1.54, 1.807) is 18.6 Å². The van der Waals surface area contributed by atoms with Crippen molar-refractivity contribution in [1.82, 2.24) is 15.0 Å². The van der Waals surface area contributed by atoms with Crippen molar-refractivity contribution in [2.75, 3.05) is 36.0 Å². The molecule has 0 spiro atoms. The molecule has 0 saturated carbocycles. The summed E-state index contributed by atoms with van der Waals surface area (Å²) < 4.78 is 0. The van der Waals surface area contributed by atoms with Gasteiger partial charge < -0.3 is 9.80 Å². The van der Waals surface area contributed by atoms with Crippen LogP contribution in [0.5, 0.6) is 0 Å². The molecule has 2 aromatic rings. The quantitative estimate of drug-likeness (QED) is 0.810. The Hall–Kier alpha value is -2.68. The molecule has 0 N–H and O–H groups in total. The van der Waals surface area contributed by atoms with Crippen molar-refractivity contribution >= 4 is 11.6 Å². The number of piperazine rings is 1. The van der Waals surface area contributed by atoms with Gasteiger partial charge in [0.1, 0.15) is 11.9 Å². The summed E-state index contributed by atoms with van der Waals surface area (Å²) >= 11 is 0. The average molecular weight is 266 g/mol. The first kappa shape index (κ1) is 12.4. The van der Waals surface area contributed by atoms with Crippen LogP contribution in [0, 0.1) is 11.3 Å². The molecular weight excluding hydrogens is 252 g/mol. The molecule has 1 aliphatic heterocycles. The third-order valence-corrected chi connectivity index (χ3v) is 3.34. The molecule has 0 bridgehead atoms. The van der Waals surface area contributed by atoms with Gasteiger partial charge in [0.15, 0.2) is 11.5 Å². The number of anilines is 2. The number of hydrogen-bond acceptors (Lipinski definition) is 6. The molecule has 2 aromatic heterocycles. The van der Waals surface area contributed by atoms with Crippen LogP contribution in [0.4, 0.5) is 11.6 Å². The highest BCUT2D eigenvalue weighted by molar-refractivity contribution is 5.51. The van der Waals surface area contributed by atoms with Crippen LogP contribution in [0.15, 0.2) is 36.8 Å². The Morgan fingerprint density at radius 2 is 1.65 bits per heavy atom. The highest BCUT2D eigenvalue weighted by atomic mass is 15.3. The lowest BCUT2D eigenvalue weighted by Gasteiger charge is -2.36. The molecule has 6 nitrogen and oxygen atoms in total. The van der Waals surface area contributed by atoms with Gasteiger partial charge in [0.2, 0.25) is 0 Å². The summed E-state index contributed by atoms with van der Waals surface area (Å²) in [6, 6.07) is 8.01. The molecule has 3 heterocycles. The Labute approximate surface area is 117 Å². The van der Waals surface area contributed by atoms with E-state index in [-0.39, 0.29) is 0 Å². The van der Waals surface area contributed by atoms with Gasteiger partial charge in [-0.05, 0) is 12.1 Å². The normalized spacial score (nSPS) is 14.9. The molecule has 1 aliphatic rings. The van der Waals surface area contributed by atoms with Crippen molar-refractivity contribution in [1.29, 1.82) is 5.26 Å². The minimum Gasteiger partial charge on any atom is -0.353 e. The van der Waals surface area contributed by atoms with Gasteiger partial charge in [-0.25, -0.2) is 15.0 Å². The maximum Gasteiger partial charge on any atom is 0.183 e. The smallest absolute Gasteiger partial charge is 0.183 e. The summed E-state index contributed by atoms with van der Waals surface area (Å²) in [5, 5.41) is 9.08. The number of rotatable bonds is 2. The summed E-state index contributed by atoms with van der Waals surface area (Å²) in [7, 11) is 0.